The van der Waals surface area contributed by atoms with Crippen LogP contribution < -0.4 is 19.6 Å². The summed E-state index contributed by atoms with van der Waals surface area (Å²) in [7, 11) is 4.60. The molecular weight excluding hydrogens is 418 g/mol. The van der Waals surface area contributed by atoms with Gasteiger partial charge in [0.05, 0.1) is 33.3 Å². The Bertz CT molecular complexity index is 1040. The standard InChI is InChI=1S/C21H23N5O4S/c1-14-23-25-21(26(14)16-8-6-5-7-9-16)31-13-19(27)24-22-12-15-10-17(28-2)20(30-4)18(11-15)29-3/h5-12H,13H2,1-4H3,(H,24,27)/b22-12-. The van der Waals surface area contributed by atoms with E-state index in [-0.39, 0.29) is 11.7 Å². The van der Waals surface area contributed by atoms with E-state index in [9.17, 15) is 4.79 Å². The normalized spacial score (nSPS) is 10.8. The van der Waals surface area contributed by atoms with Crippen molar-refractivity contribution in [3.8, 4) is 22.9 Å². The van der Waals surface area contributed by atoms with Crippen LogP contribution >= 0.6 is 11.8 Å². The number of nitrogens with one attached hydrogen (secondary N) is 1. The van der Waals surface area contributed by atoms with E-state index in [2.05, 4.69) is 20.7 Å². The van der Waals surface area contributed by atoms with Gasteiger partial charge in [0.1, 0.15) is 5.82 Å². The minimum Gasteiger partial charge on any atom is -0.493 e. The fourth-order valence-corrected chi connectivity index (χ4v) is 3.62. The van der Waals surface area contributed by atoms with Gasteiger partial charge < -0.3 is 14.2 Å². The number of hydrazone groups is 1. The summed E-state index contributed by atoms with van der Waals surface area (Å²) in [4.78, 5) is 12.2. The summed E-state index contributed by atoms with van der Waals surface area (Å²) < 4.78 is 17.8. The Morgan fingerprint density at radius 2 is 1.77 bits per heavy atom. The van der Waals surface area contributed by atoms with Crippen molar-refractivity contribution in [3.63, 3.8) is 0 Å². The molecule has 1 heterocycles. The number of thioether (sulfide) groups is 1. The van der Waals surface area contributed by atoms with Crippen molar-refractivity contribution >= 4 is 23.9 Å². The maximum Gasteiger partial charge on any atom is 0.250 e. The van der Waals surface area contributed by atoms with Gasteiger partial charge in [0.2, 0.25) is 5.75 Å². The van der Waals surface area contributed by atoms with E-state index in [4.69, 9.17) is 14.2 Å². The first kappa shape index (κ1) is 22.2. The van der Waals surface area contributed by atoms with E-state index < -0.39 is 0 Å². The molecule has 31 heavy (non-hydrogen) atoms. The topological polar surface area (TPSA) is 99.9 Å². The molecule has 0 aliphatic heterocycles. The van der Waals surface area contributed by atoms with Gasteiger partial charge in [-0.25, -0.2) is 5.43 Å². The Morgan fingerprint density at radius 3 is 2.39 bits per heavy atom. The lowest BCUT2D eigenvalue weighted by Gasteiger charge is -2.12. The van der Waals surface area contributed by atoms with Crippen molar-refractivity contribution in [2.45, 2.75) is 12.1 Å². The molecule has 3 aromatic rings. The number of rotatable bonds is 9. The van der Waals surface area contributed by atoms with Crippen LogP contribution in [0.2, 0.25) is 0 Å². The van der Waals surface area contributed by atoms with Crippen LogP contribution in [-0.2, 0) is 4.79 Å². The third-order valence-electron chi connectivity index (χ3n) is 4.23. The molecule has 10 heteroatoms. The maximum atomic E-state index is 12.2. The van der Waals surface area contributed by atoms with Crippen molar-refractivity contribution in [2.75, 3.05) is 27.1 Å². The average Bonchev–Trinajstić information content (AvgIpc) is 3.17. The fraction of sp³-hybridized carbons (Fsp3) is 0.238. The molecule has 0 unspecified atom stereocenters. The van der Waals surface area contributed by atoms with E-state index in [1.807, 2.05) is 41.8 Å². The SMILES string of the molecule is COc1cc(/C=N\NC(=O)CSc2nnc(C)n2-c2ccccc2)cc(OC)c1OC. The molecule has 2 aromatic carbocycles. The number of methoxy groups -OCH3 is 3. The van der Waals surface area contributed by atoms with Gasteiger partial charge in [-0.05, 0) is 31.2 Å². The molecule has 1 amide bonds. The number of benzene rings is 2. The molecule has 0 spiro atoms. The van der Waals surface area contributed by atoms with Crippen LogP contribution in [0, 0.1) is 6.92 Å². The quantitative estimate of drug-likeness (QED) is 0.310. The summed E-state index contributed by atoms with van der Waals surface area (Å²) in [5.74, 6) is 2.10. The Kier molecular flexibility index (Phi) is 7.50. The number of carbonyl (C=O) groups is 1. The van der Waals surface area contributed by atoms with Gasteiger partial charge in [0.25, 0.3) is 5.91 Å². The molecule has 0 aliphatic rings. The van der Waals surface area contributed by atoms with E-state index in [1.54, 1.807) is 12.1 Å². The molecule has 1 aromatic heterocycles. The zero-order valence-corrected chi connectivity index (χ0v) is 18.5. The lowest BCUT2D eigenvalue weighted by atomic mass is 10.2. The number of ether oxygens (including phenoxy) is 3. The van der Waals surface area contributed by atoms with Crippen molar-refractivity contribution in [3.05, 3.63) is 53.9 Å². The first-order valence-electron chi connectivity index (χ1n) is 9.29. The smallest absolute Gasteiger partial charge is 0.250 e. The predicted molar refractivity (Wildman–Crippen MR) is 119 cm³/mol. The van der Waals surface area contributed by atoms with Gasteiger partial charge in [-0.2, -0.15) is 5.10 Å². The highest BCUT2D eigenvalue weighted by Gasteiger charge is 2.14. The number of hydrogen-bond donors (Lipinski definition) is 1. The number of aryl methyl sites for hydroxylation is 1. The average molecular weight is 442 g/mol. The van der Waals surface area contributed by atoms with E-state index >= 15 is 0 Å². The number of para-hydroxylation sites is 1. The van der Waals surface area contributed by atoms with Crippen LogP contribution in [0.3, 0.4) is 0 Å². The molecule has 1 N–H and O–H groups in total. The van der Waals surface area contributed by atoms with Gasteiger partial charge in [0.15, 0.2) is 16.7 Å². The van der Waals surface area contributed by atoms with Crippen molar-refractivity contribution < 1.29 is 19.0 Å². The van der Waals surface area contributed by atoms with Gasteiger partial charge in [-0.3, -0.25) is 9.36 Å². The lowest BCUT2D eigenvalue weighted by molar-refractivity contribution is -0.118. The molecule has 0 radical (unpaired) electrons. The number of carbonyl (C=O) groups excluding carboxylic acids is 1. The van der Waals surface area contributed by atoms with Crippen LogP contribution in [0.1, 0.15) is 11.4 Å². The van der Waals surface area contributed by atoms with Gasteiger partial charge in [-0.1, -0.05) is 30.0 Å². The highest BCUT2D eigenvalue weighted by Crippen LogP contribution is 2.37. The van der Waals surface area contributed by atoms with Gasteiger partial charge in [0, 0.05) is 11.3 Å². The highest BCUT2D eigenvalue weighted by atomic mass is 32.2. The summed E-state index contributed by atoms with van der Waals surface area (Å²) in [6.07, 6.45) is 1.50. The molecule has 0 atom stereocenters. The lowest BCUT2D eigenvalue weighted by Crippen LogP contribution is -2.20. The van der Waals surface area contributed by atoms with Gasteiger partial charge >= 0.3 is 0 Å². The Labute approximate surface area is 184 Å². The van der Waals surface area contributed by atoms with Crippen LogP contribution in [0.15, 0.2) is 52.7 Å². The van der Waals surface area contributed by atoms with Crippen LogP contribution in [0.5, 0.6) is 17.2 Å². The number of nitrogens with zero attached hydrogens (tertiary/aromatic N) is 4. The van der Waals surface area contributed by atoms with E-state index in [0.29, 0.717) is 28.0 Å². The second-order valence-electron chi connectivity index (χ2n) is 6.24. The first-order chi connectivity index (χ1) is 15.1. The van der Waals surface area contributed by atoms with Crippen LogP contribution in [0.25, 0.3) is 5.69 Å². The van der Waals surface area contributed by atoms with Crippen molar-refractivity contribution in [1.29, 1.82) is 0 Å². The minimum atomic E-state index is -0.269. The molecule has 0 fully saturated rings. The predicted octanol–water partition coefficient (Wildman–Crippen LogP) is 2.84. The second kappa shape index (κ2) is 10.5. The molecule has 0 saturated carbocycles. The third kappa shape index (κ3) is 5.34. The summed E-state index contributed by atoms with van der Waals surface area (Å²) in [6, 6.07) is 13.2. The molecular formula is C21H23N5O4S. The third-order valence-corrected chi connectivity index (χ3v) is 5.16. The van der Waals surface area contributed by atoms with E-state index in [0.717, 1.165) is 11.5 Å². The summed E-state index contributed by atoms with van der Waals surface area (Å²) in [5, 5.41) is 12.9. The summed E-state index contributed by atoms with van der Waals surface area (Å²) in [6.45, 7) is 1.87. The number of aromatic nitrogens is 3. The largest absolute Gasteiger partial charge is 0.493 e. The maximum absolute atomic E-state index is 12.2. The first-order valence-corrected chi connectivity index (χ1v) is 10.3. The van der Waals surface area contributed by atoms with Crippen molar-refractivity contribution in [2.24, 2.45) is 5.10 Å². The van der Waals surface area contributed by atoms with Gasteiger partial charge in [-0.15, -0.1) is 10.2 Å². The minimum absolute atomic E-state index is 0.136. The molecule has 162 valence electrons. The molecule has 0 saturated heterocycles. The highest BCUT2D eigenvalue weighted by molar-refractivity contribution is 7.99. The second-order valence-corrected chi connectivity index (χ2v) is 7.18. The molecule has 0 bridgehead atoms. The Hall–Kier alpha value is -3.53. The van der Waals surface area contributed by atoms with Crippen LogP contribution in [-0.4, -0.2) is 54.0 Å². The zero-order chi connectivity index (χ0) is 22.2. The zero-order valence-electron chi connectivity index (χ0n) is 17.7. The summed E-state index contributed by atoms with van der Waals surface area (Å²) in [5.41, 5.74) is 4.13. The Morgan fingerprint density at radius 1 is 1.10 bits per heavy atom. The Balaban J connectivity index is 1.63. The summed E-state index contributed by atoms with van der Waals surface area (Å²) >= 11 is 1.28. The molecule has 9 nitrogen and oxygen atoms in total. The monoisotopic (exact) mass is 441 g/mol. The molecule has 0 aliphatic carbocycles. The fourth-order valence-electron chi connectivity index (χ4n) is 2.83. The number of amides is 1. The van der Waals surface area contributed by atoms with Crippen LogP contribution in [0.4, 0.5) is 0 Å². The van der Waals surface area contributed by atoms with Crippen molar-refractivity contribution in [1.82, 2.24) is 20.2 Å². The van der Waals surface area contributed by atoms with E-state index in [1.165, 1.54) is 39.3 Å². The number of hydrogen-bond acceptors (Lipinski definition) is 8. The molecule has 3 rings (SSSR count).